The Bertz CT molecular complexity index is 373. The van der Waals surface area contributed by atoms with Gasteiger partial charge >= 0.3 is 5.97 Å². The third-order valence-electron chi connectivity index (χ3n) is 1.86. The summed E-state index contributed by atoms with van der Waals surface area (Å²) in [6.07, 6.45) is -2.47. The molecule has 0 saturated heterocycles. The first-order valence-electron chi connectivity index (χ1n) is 5.15. The first kappa shape index (κ1) is 14.2. The lowest BCUT2D eigenvalue weighted by Crippen LogP contribution is -2.14. The minimum atomic E-state index is -2.47. The summed E-state index contributed by atoms with van der Waals surface area (Å²) in [7, 11) is 1.25. The normalized spacial score (nSPS) is 10.4. The molecule has 1 heterocycles. The molecule has 1 N–H and O–H groups in total. The number of alkyl halides is 2. The van der Waals surface area contributed by atoms with E-state index in [0.29, 0.717) is 12.4 Å². The zero-order valence-electron chi connectivity index (χ0n) is 9.73. The third-order valence-corrected chi connectivity index (χ3v) is 1.86. The van der Waals surface area contributed by atoms with Crippen molar-refractivity contribution in [2.45, 2.75) is 6.43 Å². The zero-order valence-corrected chi connectivity index (χ0v) is 9.73. The number of hydrogen-bond acceptors (Lipinski definition) is 6. The van der Waals surface area contributed by atoms with Gasteiger partial charge in [-0.05, 0) is 12.1 Å². The van der Waals surface area contributed by atoms with E-state index in [4.69, 9.17) is 0 Å². The quantitative estimate of drug-likeness (QED) is 0.582. The minimum absolute atomic E-state index is 0.0944. The molecule has 0 radical (unpaired) electrons. The molecule has 0 aliphatic carbocycles. The molecule has 0 bridgehead atoms. The van der Waals surface area contributed by atoms with Crippen LogP contribution in [0.5, 0.6) is 0 Å². The van der Waals surface area contributed by atoms with Crippen molar-refractivity contribution in [3.8, 4) is 0 Å². The van der Waals surface area contributed by atoms with Crippen LogP contribution in [0.1, 0.15) is 10.5 Å². The molecule has 0 amide bonds. The van der Waals surface area contributed by atoms with Crippen molar-refractivity contribution in [2.75, 3.05) is 32.2 Å². The Hall–Kier alpha value is -1.83. The van der Waals surface area contributed by atoms with E-state index in [9.17, 15) is 13.6 Å². The molecule has 0 saturated carbocycles. The summed E-state index contributed by atoms with van der Waals surface area (Å²) >= 11 is 0. The molecule has 0 atom stereocenters. The second-order valence-corrected chi connectivity index (χ2v) is 3.19. The van der Waals surface area contributed by atoms with Gasteiger partial charge in [-0.25, -0.2) is 13.6 Å². The van der Waals surface area contributed by atoms with Gasteiger partial charge < -0.3 is 14.8 Å². The number of rotatable bonds is 7. The van der Waals surface area contributed by atoms with Gasteiger partial charge in [-0.15, -0.1) is 10.2 Å². The largest absolute Gasteiger partial charge is 0.464 e. The molecule has 0 aliphatic rings. The van der Waals surface area contributed by atoms with Gasteiger partial charge in [-0.3, -0.25) is 0 Å². The smallest absolute Gasteiger partial charge is 0.358 e. The number of halogens is 2. The van der Waals surface area contributed by atoms with Crippen LogP contribution < -0.4 is 5.32 Å². The van der Waals surface area contributed by atoms with Crippen LogP contribution in [-0.2, 0) is 9.47 Å². The van der Waals surface area contributed by atoms with Crippen molar-refractivity contribution in [3.05, 3.63) is 17.8 Å². The van der Waals surface area contributed by atoms with Crippen LogP contribution in [0.3, 0.4) is 0 Å². The summed E-state index contributed by atoms with van der Waals surface area (Å²) in [6.45, 7) is -0.140. The van der Waals surface area contributed by atoms with Gasteiger partial charge in [0.2, 0.25) is 0 Å². The van der Waals surface area contributed by atoms with E-state index in [1.165, 1.54) is 19.2 Å². The van der Waals surface area contributed by atoms with Crippen LogP contribution in [0.4, 0.5) is 14.6 Å². The number of methoxy groups -OCH3 is 1. The summed E-state index contributed by atoms with van der Waals surface area (Å²) in [6, 6.07) is 2.98. The number of esters is 1. The summed E-state index contributed by atoms with van der Waals surface area (Å²) in [5, 5.41) is 10.2. The van der Waals surface area contributed by atoms with Crippen LogP contribution in [0.15, 0.2) is 12.1 Å². The molecular weight excluding hydrogens is 248 g/mol. The molecule has 100 valence electrons. The molecular formula is C10H13F2N3O3. The fourth-order valence-corrected chi connectivity index (χ4v) is 1.06. The van der Waals surface area contributed by atoms with Gasteiger partial charge in [0.15, 0.2) is 5.69 Å². The van der Waals surface area contributed by atoms with Gasteiger partial charge in [-0.2, -0.15) is 0 Å². The molecule has 0 aliphatic heterocycles. The second kappa shape index (κ2) is 7.49. The molecule has 0 unspecified atom stereocenters. The summed E-state index contributed by atoms with van der Waals surface area (Å²) in [5.74, 6) is -0.155. The standard InChI is InChI=1S/C10H13F2N3O3/c1-17-10(16)7-2-3-9(15-14-7)13-4-5-18-6-8(11)12/h2-3,8H,4-6H2,1H3,(H,13,15). The average Bonchev–Trinajstić information content (AvgIpc) is 2.38. The molecule has 1 aromatic rings. The predicted octanol–water partition coefficient (Wildman–Crippen LogP) is 0.957. The lowest BCUT2D eigenvalue weighted by Gasteiger charge is -2.06. The van der Waals surface area contributed by atoms with Gasteiger partial charge in [0.05, 0.1) is 13.7 Å². The van der Waals surface area contributed by atoms with Crippen molar-refractivity contribution in [2.24, 2.45) is 0 Å². The highest BCUT2D eigenvalue weighted by atomic mass is 19.3. The van der Waals surface area contributed by atoms with E-state index in [2.05, 4.69) is 25.0 Å². The van der Waals surface area contributed by atoms with Crippen molar-refractivity contribution in [3.63, 3.8) is 0 Å². The van der Waals surface area contributed by atoms with Crippen LogP contribution in [0.25, 0.3) is 0 Å². The number of hydrogen-bond donors (Lipinski definition) is 1. The number of ether oxygens (including phenoxy) is 2. The van der Waals surface area contributed by atoms with Gasteiger partial charge in [0.25, 0.3) is 6.43 Å². The number of nitrogens with one attached hydrogen (secondary N) is 1. The summed E-state index contributed by atoms with van der Waals surface area (Å²) in [4.78, 5) is 11.1. The first-order valence-corrected chi connectivity index (χ1v) is 5.15. The van der Waals surface area contributed by atoms with Crippen molar-refractivity contribution < 1.29 is 23.0 Å². The first-order chi connectivity index (χ1) is 8.63. The predicted molar refractivity (Wildman–Crippen MR) is 58.7 cm³/mol. The third kappa shape index (κ3) is 5.00. The molecule has 18 heavy (non-hydrogen) atoms. The number of carbonyl (C=O) groups is 1. The Labute approximate surface area is 102 Å². The second-order valence-electron chi connectivity index (χ2n) is 3.19. The number of aromatic nitrogens is 2. The van der Waals surface area contributed by atoms with Crippen LogP contribution >= 0.6 is 0 Å². The van der Waals surface area contributed by atoms with E-state index >= 15 is 0 Å². The molecule has 0 aromatic carbocycles. The lowest BCUT2D eigenvalue weighted by atomic mass is 10.4. The topological polar surface area (TPSA) is 73.3 Å². The van der Waals surface area contributed by atoms with Crippen molar-refractivity contribution in [1.29, 1.82) is 0 Å². The van der Waals surface area contributed by atoms with Crippen LogP contribution in [0.2, 0.25) is 0 Å². The van der Waals surface area contributed by atoms with Gasteiger partial charge in [0, 0.05) is 6.54 Å². The Morgan fingerprint density at radius 2 is 2.22 bits per heavy atom. The van der Waals surface area contributed by atoms with Gasteiger partial charge in [0.1, 0.15) is 12.4 Å². The Morgan fingerprint density at radius 3 is 2.78 bits per heavy atom. The molecule has 6 nitrogen and oxygen atoms in total. The van der Waals surface area contributed by atoms with Crippen molar-refractivity contribution in [1.82, 2.24) is 10.2 Å². The number of anilines is 1. The van der Waals surface area contributed by atoms with E-state index in [1.807, 2.05) is 0 Å². The maximum atomic E-state index is 11.7. The lowest BCUT2D eigenvalue weighted by molar-refractivity contribution is 0.0214. The molecule has 8 heteroatoms. The van der Waals surface area contributed by atoms with Crippen molar-refractivity contribution >= 4 is 11.8 Å². The van der Waals surface area contributed by atoms with E-state index in [1.54, 1.807) is 0 Å². The minimum Gasteiger partial charge on any atom is -0.464 e. The fraction of sp³-hybridized carbons (Fsp3) is 0.500. The molecule has 0 fully saturated rings. The maximum absolute atomic E-state index is 11.7. The Kier molecular flexibility index (Phi) is 5.92. The fourth-order valence-electron chi connectivity index (χ4n) is 1.06. The number of carbonyl (C=O) groups excluding carboxylic acids is 1. The van der Waals surface area contributed by atoms with E-state index in [-0.39, 0.29) is 12.3 Å². The highest BCUT2D eigenvalue weighted by Gasteiger charge is 2.07. The monoisotopic (exact) mass is 261 g/mol. The molecule has 0 spiro atoms. The average molecular weight is 261 g/mol. The van der Waals surface area contributed by atoms with Crippen LogP contribution in [-0.4, -0.2) is 49.5 Å². The summed E-state index contributed by atoms with van der Waals surface area (Å²) < 4.78 is 32.6. The Balaban J connectivity index is 2.29. The highest BCUT2D eigenvalue weighted by molar-refractivity contribution is 5.86. The van der Waals surface area contributed by atoms with Gasteiger partial charge in [-0.1, -0.05) is 0 Å². The molecule has 1 rings (SSSR count). The highest BCUT2D eigenvalue weighted by Crippen LogP contribution is 2.02. The van der Waals surface area contributed by atoms with Crippen LogP contribution in [0, 0.1) is 0 Å². The zero-order chi connectivity index (χ0) is 13.4. The summed E-state index contributed by atoms with van der Waals surface area (Å²) in [5.41, 5.74) is 0.0944. The SMILES string of the molecule is COC(=O)c1ccc(NCCOCC(F)F)nn1. The number of nitrogens with zero attached hydrogens (tertiary/aromatic N) is 2. The van der Waals surface area contributed by atoms with E-state index in [0.717, 1.165) is 0 Å². The Morgan fingerprint density at radius 1 is 1.44 bits per heavy atom. The maximum Gasteiger partial charge on any atom is 0.358 e. The van der Waals surface area contributed by atoms with E-state index < -0.39 is 19.0 Å². The molecule has 1 aromatic heterocycles.